The van der Waals surface area contributed by atoms with Gasteiger partial charge in [0.05, 0.1) is 21.9 Å². The number of H-pyrrole nitrogens is 1. The smallest absolute Gasteiger partial charge is 0.258 e. The molecule has 0 radical (unpaired) electrons. The monoisotopic (exact) mass is 634 g/mol. The van der Waals surface area contributed by atoms with Crippen LogP contribution < -0.4 is 15.6 Å². The molecule has 46 heavy (non-hydrogen) atoms. The second-order valence-electron chi connectivity index (χ2n) is 11.4. The third-order valence-corrected chi connectivity index (χ3v) is 9.77. The van der Waals surface area contributed by atoms with Gasteiger partial charge in [0.1, 0.15) is 5.75 Å². The van der Waals surface area contributed by atoms with Crippen LogP contribution in [0.2, 0.25) is 0 Å². The van der Waals surface area contributed by atoms with Gasteiger partial charge < -0.3 is 20.0 Å². The fourth-order valence-electron chi connectivity index (χ4n) is 6.05. The van der Waals surface area contributed by atoms with Crippen molar-refractivity contribution in [2.24, 2.45) is 7.05 Å². The van der Waals surface area contributed by atoms with Crippen molar-refractivity contribution in [2.75, 3.05) is 11.9 Å². The number of carbonyl (C=O) groups is 1. The van der Waals surface area contributed by atoms with Crippen LogP contribution in [0.25, 0.3) is 21.8 Å². The van der Waals surface area contributed by atoms with E-state index in [1.807, 2.05) is 67.6 Å². The summed E-state index contributed by atoms with van der Waals surface area (Å²) in [7, 11) is -2.17. The van der Waals surface area contributed by atoms with Gasteiger partial charge >= 0.3 is 0 Å². The highest BCUT2D eigenvalue weighted by Crippen LogP contribution is 2.41. The van der Waals surface area contributed by atoms with Gasteiger partial charge in [-0.1, -0.05) is 60.2 Å². The molecule has 1 unspecified atom stereocenters. The lowest BCUT2D eigenvalue weighted by Crippen LogP contribution is -2.27. The fourth-order valence-corrected chi connectivity index (χ4v) is 7.08. The van der Waals surface area contributed by atoms with E-state index in [0.717, 1.165) is 27.6 Å². The quantitative estimate of drug-likeness (QED) is 0.162. The maximum atomic E-state index is 14.0. The van der Waals surface area contributed by atoms with Gasteiger partial charge in [0.15, 0.2) is 0 Å². The third kappa shape index (κ3) is 5.80. The molecule has 2 aromatic heterocycles. The average molecular weight is 635 g/mol. The first-order chi connectivity index (χ1) is 22.0. The number of aromatic amines is 1. The number of amides is 1. The maximum absolute atomic E-state index is 14.0. The van der Waals surface area contributed by atoms with E-state index in [9.17, 15) is 23.1 Å². The Balaban J connectivity index is 1.44. The summed E-state index contributed by atoms with van der Waals surface area (Å²) in [4.78, 5) is 29.0. The molecule has 6 aromatic rings. The molecule has 0 saturated heterocycles. The van der Waals surface area contributed by atoms with Crippen LogP contribution in [0.4, 0.5) is 5.69 Å². The van der Waals surface area contributed by atoms with E-state index in [0.29, 0.717) is 28.7 Å². The van der Waals surface area contributed by atoms with Crippen LogP contribution in [0.5, 0.6) is 5.75 Å². The Bertz CT molecular complexity index is 2250. The van der Waals surface area contributed by atoms with Crippen molar-refractivity contribution in [2.45, 2.75) is 31.1 Å². The van der Waals surface area contributed by atoms with Gasteiger partial charge in [0.25, 0.3) is 5.56 Å². The number of benzene rings is 4. The second kappa shape index (κ2) is 12.3. The number of aromatic hydroxyl groups is 1. The number of anilines is 1. The number of carbonyl (C=O) groups excluding carboxylic acids is 1. The summed E-state index contributed by atoms with van der Waals surface area (Å²) >= 11 is 0. The van der Waals surface area contributed by atoms with Crippen LogP contribution in [0, 0.1) is 6.92 Å². The molecule has 1 amide bonds. The van der Waals surface area contributed by atoms with E-state index in [-0.39, 0.29) is 34.2 Å². The topological polar surface area (TPSA) is 133 Å². The lowest BCUT2D eigenvalue weighted by atomic mass is 9.85. The standard InChI is InChI=1S/C36H34N4O5S/c1-22-12-14-24(15-13-22)32(33-35(42)29-9-5-7-11-31(29)40(3)36(33)43)34-28(27-8-4-6-10-30(27)39-34)20-21-37-46(44,45)26-18-16-25(17-19-26)38-23(2)41/h4-19,32,37,39,42H,20-21H2,1-3H3,(H,38,41). The minimum atomic E-state index is -3.86. The van der Waals surface area contributed by atoms with E-state index < -0.39 is 15.9 Å². The minimum absolute atomic E-state index is 0.0721. The van der Waals surface area contributed by atoms with Crippen molar-refractivity contribution in [1.82, 2.24) is 14.3 Å². The lowest BCUT2D eigenvalue weighted by molar-refractivity contribution is -0.114. The number of rotatable bonds is 9. The Morgan fingerprint density at radius 3 is 2.26 bits per heavy atom. The highest BCUT2D eigenvalue weighted by Gasteiger charge is 2.30. The molecule has 0 saturated carbocycles. The van der Waals surface area contributed by atoms with Crippen LogP contribution in [0.15, 0.2) is 107 Å². The summed E-state index contributed by atoms with van der Waals surface area (Å²) in [5.41, 5.74) is 5.25. The van der Waals surface area contributed by atoms with E-state index >= 15 is 0 Å². The Hall–Kier alpha value is -5.19. The van der Waals surface area contributed by atoms with Crippen molar-refractivity contribution in [3.05, 3.63) is 135 Å². The van der Waals surface area contributed by atoms with E-state index in [1.54, 1.807) is 23.7 Å². The molecular weight excluding hydrogens is 600 g/mol. The molecular formula is C36H34N4O5S. The van der Waals surface area contributed by atoms with Crippen LogP contribution in [-0.2, 0) is 28.3 Å². The highest BCUT2D eigenvalue weighted by atomic mass is 32.2. The predicted octanol–water partition coefficient (Wildman–Crippen LogP) is 5.69. The van der Waals surface area contributed by atoms with Crippen LogP contribution in [0.3, 0.4) is 0 Å². The van der Waals surface area contributed by atoms with Crippen molar-refractivity contribution >= 4 is 43.4 Å². The molecule has 0 bridgehead atoms. The number of aryl methyl sites for hydroxylation is 2. The zero-order valence-electron chi connectivity index (χ0n) is 25.7. The molecule has 0 aliphatic heterocycles. The number of hydrogen-bond acceptors (Lipinski definition) is 5. The van der Waals surface area contributed by atoms with Crippen molar-refractivity contribution in [3.8, 4) is 5.75 Å². The second-order valence-corrected chi connectivity index (χ2v) is 13.2. The molecule has 0 aliphatic rings. The highest BCUT2D eigenvalue weighted by molar-refractivity contribution is 7.89. The summed E-state index contributed by atoms with van der Waals surface area (Å²) in [5.74, 6) is -1.01. The molecule has 234 valence electrons. The molecule has 1 atom stereocenters. The van der Waals surface area contributed by atoms with Crippen molar-refractivity contribution in [1.29, 1.82) is 0 Å². The van der Waals surface area contributed by atoms with E-state index in [2.05, 4.69) is 15.0 Å². The van der Waals surface area contributed by atoms with Gasteiger partial charge in [-0.15, -0.1) is 0 Å². The number of fused-ring (bicyclic) bond motifs is 2. The molecule has 4 aromatic carbocycles. The Kier molecular flexibility index (Phi) is 8.24. The molecule has 10 heteroatoms. The number of pyridine rings is 1. The molecule has 0 aliphatic carbocycles. The van der Waals surface area contributed by atoms with E-state index in [1.165, 1.54) is 31.2 Å². The number of aromatic nitrogens is 2. The Morgan fingerprint density at radius 1 is 0.913 bits per heavy atom. The zero-order chi connectivity index (χ0) is 32.6. The summed E-state index contributed by atoms with van der Waals surface area (Å²) in [6.07, 6.45) is 0.305. The summed E-state index contributed by atoms with van der Waals surface area (Å²) in [6, 6.07) is 28.8. The SMILES string of the molecule is CC(=O)Nc1ccc(S(=O)(=O)NCCc2c(C(c3ccc(C)cc3)c3c(O)c4ccccc4n(C)c3=O)[nH]c3ccccc23)cc1. The van der Waals surface area contributed by atoms with Gasteiger partial charge in [0, 0.05) is 48.2 Å². The van der Waals surface area contributed by atoms with Crippen LogP contribution in [0.1, 0.15) is 40.8 Å². The fraction of sp³-hybridized carbons (Fsp3) is 0.167. The normalized spacial score (nSPS) is 12.4. The van der Waals surface area contributed by atoms with Gasteiger partial charge in [-0.3, -0.25) is 9.59 Å². The van der Waals surface area contributed by atoms with Crippen LogP contribution >= 0.6 is 0 Å². The Morgan fingerprint density at radius 2 is 1.57 bits per heavy atom. The number of nitrogens with zero attached hydrogens (tertiary/aromatic N) is 1. The molecule has 9 nitrogen and oxygen atoms in total. The van der Waals surface area contributed by atoms with Crippen LogP contribution in [-0.4, -0.2) is 35.5 Å². The number of para-hydroxylation sites is 2. The molecule has 2 heterocycles. The predicted molar refractivity (Wildman–Crippen MR) is 181 cm³/mol. The molecule has 4 N–H and O–H groups in total. The average Bonchev–Trinajstić information content (AvgIpc) is 3.40. The summed E-state index contributed by atoms with van der Waals surface area (Å²) in [5, 5.41) is 15.8. The maximum Gasteiger partial charge on any atom is 0.258 e. The van der Waals surface area contributed by atoms with Gasteiger partial charge in [-0.25, -0.2) is 13.1 Å². The third-order valence-electron chi connectivity index (χ3n) is 8.30. The number of nitrogens with one attached hydrogen (secondary N) is 3. The van der Waals surface area contributed by atoms with Gasteiger partial charge in [-0.2, -0.15) is 0 Å². The Labute approximate surface area is 266 Å². The first kappa shape index (κ1) is 30.8. The van der Waals surface area contributed by atoms with Crippen molar-refractivity contribution in [3.63, 3.8) is 0 Å². The van der Waals surface area contributed by atoms with Crippen molar-refractivity contribution < 1.29 is 18.3 Å². The van der Waals surface area contributed by atoms with Gasteiger partial charge in [0.2, 0.25) is 15.9 Å². The summed E-state index contributed by atoms with van der Waals surface area (Å²) < 4.78 is 30.7. The zero-order valence-corrected chi connectivity index (χ0v) is 26.5. The molecule has 0 spiro atoms. The first-order valence-electron chi connectivity index (χ1n) is 14.9. The first-order valence-corrected chi connectivity index (χ1v) is 16.4. The lowest BCUT2D eigenvalue weighted by Gasteiger charge is -2.22. The number of hydrogen-bond donors (Lipinski definition) is 4. The van der Waals surface area contributed by atoms with E-state index in [4.69, 9.17) is 0 Å². The minimum Gasteiger partial charge on any atom is -0.507 e. The molecule has 6 rings (SSSR count). The number of sulfonamides is 1. The van der Waals surface area contributed by atoms with Gasteiger partial charge in [-0.05, 0) is 66.9 Å². The molecule has 0 fully saturated rings. The summed E-state index contributed by atoms with van der Waals surface area (Å²) in [6.45, 7) is 3.44. The largest absolute Gasteiger partial charge is 0.507 e.